The van der Waals surface area contributed by atoms with Crippen molar-refractivity contribution < 1.29 is 43.5 Å². The van der Waals surface area contributed by atoms with Crippen LogP contribution in [0.3, 0.4) is 0 Å². The van der Waals surface area contributed by atoms with Crippen molar-refractivity contribution in [3.63, 3.8) is 0 Å². The highest BCUT2D eigenvalue weighted by molar-refractivity contribution is 5.83. The van der Waals surface area contributed by atoms with Gasteiger partial charge >= 0.3 is 17.9 Å². The Morgan fingerprint density at radius 1 is 1.07 bits per heavy atom. The molecule has 0 saturated carbocycles. The first kappa shape index (κ1) is 22.3. The molecule has 29 heavy (non-hydrogen) atoms. The van der Waals surface area contributed by atoms with E-state index in [0.717, 1.165) is 13.8 Å². The minimum atomic E-state index is -1.56. The number of para-hydroxylation sites is 1. The Labute approximate surface area is 167 Å². The van der Waals surface area contributed by atoms with Crippen molar-refractivity contribution in [1.82, 2.24) is 0 Å². The van der Waals surface area contributed by atoms with Gasteiger partial charge in [0.25, 0.3) is 0 Å². The Hall–Kier alpha value is -2.98. The number of aliphatic hydroxyl groups excluding tert-OH is 1. The van der Waals surface area contributed by atoms with E-state index in [4.69, 9.17) is 18.9 Å². The first-order chi connectivity index (χ1) is 13.7. The van der Waals surface area contributed by atoms with Gasteiger partial charge in [-0.15, -0.1) is 0 Å². The Bertz CT molecular complexity index is 779. The van der Waals surface area contributed by atoms with Crippen molar-refractivity contribution in [2.24, 2.45) is 4.99 Å². The lowest BCUT2D eigenvalue weighted by Crippen LogP contribution is -2.60. The molecule has 158 valence electrons. The van der Waals surface area contributed by atoms with Gasteiger partial charge < -0.3 is 29.2 Å². The van der Waals surface area contributed by atoms with Gasteiger partial charge in [0.2, 0.25) is 0 Å². The molecule has 2 N–H and O–H groups in total. The van der Waals surface area contributed by atoms with Gasteiger partial charge in [-0.3, -0.25) is 19.4 Å². The molecule has 1 fully saturated rings. The van der Waals surface area contributed by atoms with Gasteiger partial charge in [-0.2, -0.15) is 0 Å². The Kier molecular flexibility index (Phi) is 7.68. The Balaban J connectivity index is 2.35. The summed E-state index contributed by atoms with van der Waals surface area (Å²) in [5, 5.41) is 20.3. The largest absolute Gasteiger partial charge is 0.507 e. The second-order valence-corrected chi connectivity index (χ2v) is 6.34. The number of esters is 3. The number of rotatable bonds is 6. The van der Waals surface area contributed by atoms with Gasteiger partial charge in [0, 0.05) is 32.5 Å². The smallest absolute Gasteiger partial charge is 0.303 e. The summed E-state index contributed by atoms with van der Waals surface area (Å²) in [6.07, 6.45) is -3.78. The molecule has 10 heteroatoms. The van der Waals surface area contributed by atoms with E-state index in [1.807, 2.05) is 0 Å². The van der Waals surface area contributed by atoms with E-state index in [-0.39, 0.29) is 12.4 Å². The number of carbonyl (C=O) groups is 3. The number of hydrogen-bond donors (Lipinski definition) is 2. The molecule has 1 heterocycles. The lowest BCUT2D eigenvalue weighted by Gasteiger charge is -2.41. The maximum Gasteiger partial charge on any atom is 0.303 e. The molecule has 1 aromatic rings. The molecule has 0 spiro atoms. The van der Waals surface area contributed by atoms with E-state index in [1.165, 1.54) is 19.2 Å². The fraction of sp³-hybridized carbons (Fsp3) is 0.474. The molecular weight excluding hydrogens is 386 g/mol. The second-order valence-electron chi connectivity index (χ2n) is 6.34. The summed E-state index contributed by atoms with van der Waals surface area (Å²) in [5.41, 5.74) is 0.354. The van der Waals surface area contributed by atoms with E-state index < -0.39 is 48.6 Å². The number of aromatic hydroxyl groups is 1. The van der Waals surface area contributed by atoms with Crippen molar-refractivity contribution in [3.05, 3.63) is 29.8 Å². The lowest BCUT2D eigenvalue weighted by molar-refractivity contribution is -0.260. The Morgan fingerprint density at radius 2 is 1.69 bits per heavy atom. The topological polar surface area (TPSA) is 141 Å². The number of ether oxygens (including phenoxy) is 4. The van der Waals surface area contributed by atoms with E-state index in [0.29, 0.717) is 5.56 Å². The van der Waals surface area contributed by atoms with Crippen molar-refractivity contribution in [2.45, 2.75) is 51.4 Å². The number of hydrogen-bond acceptors (Lipinski definition) is 10. The first-order valence-corrected chi connectivity index (χ1v) is 8.81. The summed E-state index contributed by atoms with van der Waals surface area (Å²) in [6, 6.07) is 5.17. The standard InChI is InChI=1S/C19H23NO9/c1-10(21)26-9-15-17(27-11(2)22)18(28-12(3)23)16(19(25)29-15)20-8-13-6-4-5-7-14(13)24/h4-8,15-19,24-25H,9H2,1-3H3/t15-,16-,17-,18-,19+/m1/s1. The molecule has 0 bridgehead atoms. The molecule has 2 rings (SSSR count). The first-order valence-electron chi connectivity index (χ1n) is 8.81. The predicted molar refractivity (Wildman–Crippen MR) is 98.1 cm³/mol. The molecule has 0 radical (unpaired) electrons. The van der Waals surface area contributed by atoms with Crippen LogP contribution >= 0.6 is 0 Å². The van der Waals surface area contributed by atoms with Gasteiger partial charge in [0.15, 0.2) is 18.5 Å². The molecule has 10 nitrogen and oxygen atoms in total. The summed E-state index contributed by atoms with van der Waals surface area (Å²) >= 11 is 0. The van der Waals surface area contributed by atoms with Crippen LogP contribution in [-0.4, -0.2) is 71.6 Å². The monoisotopic (exact) mass is 409 g/mol. The van der Waals surface area contributed by atoms with Crippen LogP contribution in [-0.2, 0) is 33.3 Å². The molecular formula is C19H23NO9. The van der Waals surface area contributed by atoms with Gasteiger partial charge in [-0.25, -0.2) is 0 Å². The van der Waals surface area contributed by atoms with Gasteiger partial charge in [-0.05, 0) is 12.1 Å². The van der Waals surface area contributed by atoms with Crippen LogP contribution in [0, 0.1) is 0 Å². The van der Waals surface area contributed by atoms with Crippen molar-refractivity contribution in [1.29, 1.82) is 0 Å². The quantitative estimate of drug-likeness (QED) is 0.386. The summed E-state index contributed by atoms with van der Waals surface area (Å²) < 4.78 is 20.8. The highest BCUT2D eigenvalue weighted by Crippen LogP contribution is 2.28. The molecule has 0 unspecified atom stereocenters. The van der Waals surface area contributed by atoms with Crippen LogP contribution in [0.25, 0.3) is 0 Å². The van der Waals surface area contributed by atoms with Crippen molar-refractivity contribution in [3.8, 4) is 5.75 Å². The molecule has 1 saturated heterocycles. The van der Waals surface area contributed by atoms with E-state index in [2.05, 4.69) is 4.99 Å². The van der Waals surface area contributed by atoms with E-state index in [9.17, 15) is 24.6 Å². The van der Waals surface area contributed by atoms with Crippen LogP contribution < -0.4 is 0 Å². The predicted octanol–water partition coefficient (Wildman–Crippen LogP) is 0.323. The molecule has 1 aromatic carbocycles. The minimum Gasteiger partial charge on any atom is -0.507 e. The van der Waals surface area contributed by atoms with Crippen LogP contribution in [0.2, 0.25) is 0 Å². The zero-order valence-electron chi connectivity index (χ0n) is 16.2. The number of phenolic OH excluding ortho intramolecular Hbond substituents is 1. The number of carbonyl (C=O) groups excluding carboxylic acids is 3. The zero-order chi connectivity index (χ0) is 21.6. The average molecular weight is 409 g/mol. The maximum absolute atomic E-state index is 11.6. The number of phenols is 1. The van der Waals surface area contributed by atoms with E-state index >= 15 is 0 Å². The fourth-order valence-corrected chi connectivity index (χ4v) is 2.82. The van der Waals surface area contributed by atoms with Crippen molar-refractivity contribution >= 4 is 24.1 Å². The van der Waals surface area contributed by atoms with Crippen LogP contribution in [0.5, 0.6) is 5.75 Å². The maximum atomic E-state index is 11.6. The summed E-state index contributed by atoms with van der Waals surface area (Å²) in [6.45, 7) is 3.15. The normalized spacial score (nSPS) is 26.7. The fourth-order valence-electron chi connectivity index (χ4n) is 2.82. The molecule has 0 aromatic heterocycles. The molecule has 0 amide bonds. The third-order valence-electron chi connectivity index (χ3n) is 4.01. The van der Waals surface area contributed by atoms with Gasteiger partial charge in [-0.1, -0.05) is 12.1 Å². The third-order valence-corrected chi connectivity index (χ3v) is 4.01. The molecule has 1 aliphatic heterocycles. The van der Waals surface area contributed by atoms with Gasteiger partial charge in [0.1, 0.15) is 24.5 Å². The molecule has 5 atom stereocenters. The average Bonchev–Trinajstić information content (AvgIpc) is 2.62. The summed E-state index contributed by atoms with van der Waals surface area (Å²) in [5.74, 6) is -2.04. The lowest BCUT2D eigenvalue weighted by atomic mass is 9.96. The number of nitrogens with zero attached hydrogens (tertiary/aromatic N) is 1. The second kappa shape index (κ2) is 9.99. The van der Waals surface area contributed by atoms with E-state index in [1.54, 1.807) is 18.2 Å². The highest BCUT2D eigenvalue weighted by Gasteiger charge is 2.49. The minimum absolute atomic E-state index is 0.0456. The van der Waals surface area contributed by atoms with Crippen LogP contribution in [0.15, 0.2) is 29.3 Å². The highest BCUT2D eigenvalue weighted by atomic mass is 16.7. The number of aliphatic hydroxyl groups is 1. The number of benzene rings is 1. The zero-order valence-corrected chi connectivity index (χ0v) is 16.2. The summed E-state index contributed by atoms with van der Waals surface area (Å²) in [7, 11) is 0. The summed E-state index contributed by atoms with van der Waals surface area (Å²) in [4.78, 5) is 38.5. The Morgan fingerprint density at radius 3 is 2.28 bits per heavy atom. The number of aliphatic imine (C=N–C) groups is 1. The SMILES string of the molecule is CC(=O)OC[C@H]1O[C@H](O)[C@H](N=Cc2ccccc2O)[C@@H](OC(C)=O)[C@@H]1OC(C)=O. The third kappa shape index (κ3) is 6.26. The molecule has 0 aliphatic carbocycles. The molecule has 1 aliphatic rings. The van der Waals surface area contributed by atoms with Crippen molar-refractivity contribution in [2.75, 3.05) is 6.61 Å². The van der Waals surface area contributed by atoms with Gasteiger partial charge in [0.05, 0.1) is 0 Å². The van der Waals surface area contributed by atoms with Crippen LogP contribution in [0.1, 0.15) is 26.3 Å². The van der Waals surface area contributed by atoms with Crippen LogP contribution in [0.4, 0.5) is 0 Å².